The first-order valence-electron chi connectivity index (χ1n) is 7.79. The largest absolute Gasteiger partial charge is 0.469 e. The van der Waals surface area contributed by atoms with Gasteiger partial charge in [-0.2, -0.15) is 0 Å². The molecule has 0 heterocycles. The van der Waals surface area contributed by atoms with Gasteiger partial charge >= 0.3 is 5.97 Å². The number of hydrogen-bond donors (Lipinski definition) is 1. The summed E-state index contributed by atoms with van der Waals surface area (Å²) in [7, 11) is 1.34. The van der Waals surface area contributed by atoms with Crippen molar-refractivity contribution >= 4 is 39.6 Å². The van der Waals surface area contributed by atoms with E-state index in [1.807, 2.05) is 55.5 Å². The first kappa shape index (κ1) is 19.5. The second-order valence-electron chi connectivity index (χ2n) is 5.51. The molecule has 2 rings (SSSR count). The lowest BCUT2D eigenvalue weighted by Crippen LogP contribution is -2.31. The van der Waals surface area contributed by atoms with Crippen LogP contribution in [0.2, 0.25) is 0 Å². The second kappa shape index (κ2) is 9.63. The monoisotopic (exact) mass is 421 g/mol. The molecule has 0 aromatic heterocycles. The van der Waals surface area contributed by atoms with Crippen LogP contribution >= 0.6 is 27.7 Å². The fourth-order valence-corrected chi connectivity index (χ4v) is 3.40. The van der Waals surface area contributed by atoms with Gasteiger partial charge in [-0.25, -0.2) is 0 Å². The topological polar surface area (TPSA) is 55.4 Å². The summed E-state index contributed by atoms with van der Waals surface area (Å²) in [5.41, 5.74) is 2.00. The van der Waals surface area contributed by atoms with Crippen LogP contribution in [0.5, 0.6) is 0 Å². The number of aryl methyl sites for hydroxylation is 1. The molecule has 1 amide bonds. The smallest absolute Gasteiger partial charge is 0.307 e. The van der Waals surface area contributed by atoms with E-state index < -0.39 is 6.04 Å². The predicted molar refractivity (Wildman–Crippen MR) is 104 cm³/mol. The van der Waals surface area contributed by atoms with Crippen molar-refractivity contribution in [1.82, 2.24) is 5.32 Å². The highest BCUT2D eigenvalue weighted by Gasteiger charge is 2.19. The lowest BCUT2D eigenvalue weighted by Gasteiger charge is -2.18. The maximum atomic E-state index is 12.4. The van der Waals surface area contributed by atoms with Crippen molar-refractivity contribution in [2.45, 2.75) is 24.3 Å². The van der Waals surface area contributed by atoms with Crippen LogP contribution < -0.4 is 5.32 Å². The number of amides is 1. The molecule has 0 saturated heterocycles. The van der Waals surface area contributed by atoms with Crippen molar-refractivity contribution < 1.29 is 14.3 Å². The number of methoxy groups -OCH3 is 1. The number of hydrogen-bond acceptors (Lipinski definition) is 4. The Morgan fingerprint density at radius 3 is 2.48 bits per heavy atom. The molecule has 2 aromatic rings. The highest BCUT2D eigenvalue weighted by Crippen LogP contribution is 2.23. The molecule has 0 radical (unpaired) electrons. The van der Waals surface area contributed by atoms with E-state index in [9.17, 15) is 9.59 Å². The maximum absolute atomic E-state index is 12.4. The molecule has 0 aliphatic heterocycles. The second-order valence-corrected chi connectivity index (χ2v) is 7.44. The van der Waals surface area contributed by atoms with E-state index in [2.05, 4.69) is 21.2 Å². The minimum Gasteiger partial charge on any atom is -0.469 e. The summed E-state index contributed by atoms with van der Waals surface area (Å²) in [6, 6.07) is 15.1. The molecule has 6 heteroatoms. The predicted octanol–water partition coefficient (Wildman–Crippen LogP) is 4.27. The third-order valence-electron chi connectivity index (χ3n) is 3.66. The molecule has 132 valence electrons. The fourth-order valence-electron chi connectivity index (χ4n) is 2.29. The van der Waals surface area contributed by atoms with E-state index in [1.165, 1.54) is 18.9 Å². The molecular formula is C19H20BrNO3S. The molecule has 2 aromatic carbocycles. The van der Waals surface area contributed by atoms with E-state index in [1.54, 1.807) is 0 Å². The van der Waals surface area contributed by atoms with Crippen LogP contribution in [0.1, 0.15) is 23.6 Å². The minimum atomic E-state index is -0.412. The number of carbonyl (C=O) groups excluding carboxylic acids is 2. The molecular weight excluding hydrogens is 402 g/mol. The molecule has 0 aliphatic carbocycles. The van der Waals surface area contributed by atoms with Gasteiger partial charge in [0.2, 0.25) is 5.91 Å². The first-order chi connectivity index (χ1) is 12.0. The SMILES string of the molecule is COC(=O)CC(NC(=O)CSc1ccccc1C)c1ccc(Br)cc1. The summed E-state index contributed by atoms with van der Waals surface area (Å²) in [6.07, 6.45) is 0.0961. The fraction of sp³-hybridized carbons (Fsp3) is 0.263. The van der Waals surface area contributed by atoms with E-state index in [-0.39, 0.29) is 18.3 Å². The van der Waals surface area contributed by atoms with Gasteiger partial charge in [0.15, 0.2) is 0 Å². The number of nitrogens with one attached hydrogen (secondary N) is 1. The lowest BCUT2D eigenvalue weighted by atomic mass is 10.0. The van der Waals surface area contributed by atoms with Crippen LogP contribution in [-0.4, -0.2) is 24.7 Å². The Morgan fingerprint density at radius 1 is 1.16 bits per heavy atom. The van der Waals surface area contributed by atoms with Crippen LogP contribution in [0.25, 0.3) is 0 Å². The Kier molecular flexibility index (Phi) is 7.52. The zero-order chi connectivity index (χ0) is 18.2. The number of thioether (sulfide) groups is 1. The van der Waals surface area contributed by atoms with Gasteiger partial charge in [0.1, 0.15) is 0 Å². The molecule has 1 N–H and O–H groups in total. The number of halogens is 1. The van der Waals surface area contributed by atoms with Crippen molar-refractivity contribution in [1.29, 1.82) is 0 Å². The standard InChI is InChI=1S/C19H20BrNO3S/c1-13-5-3-4-6-17(13)25-12-18(22)21-16(11-19(23)24-2)14-7-9-15(20)10-8-14/h3-10,16H,11-12H2,1-2H3,(H,21,22). The van der Waals surface area contributed by atoms with E-state index >= 15 is 0 Å². The molecule has 0 saturated carbocycles. The Balaban J connectivity index is 2.02. The zero-order valence-electron chi connectivity index (χ0n) is 14.1. The van der Waals surface area contributed by atoms with Crippen LogP contribution in [0, 0.1) is 6.92 Å². The number of esters is 1. The maximum Gasteiger partial charge on any atom is 0.307 e. The average molecular weight is 422 g/mol. The Labute approximate surface area is 160 Å². The van der Waals surface area contributed by atoms with E-state index in [0.29, 0.717) is 5.75 Å². The summed E-state index contributed by atoms with van der Waals surface area (Å²) >= 11 is 4.87. The number of carbonyl (C=O) groups is 2. The third-order valence-corrected chi connectivity index (χ3v) is 5.36. The van der Waals surface area contributed by atoms with Crippen molar-refractivity contribution in [2.75, 3.05) is 12.9 Å². The zero-order valence-corrected chi connectivity index (χ0v) is 16.5. The van der Waals surface area contributed by atoms with Gasteiger partial charge in [-0.15, -0.1) is 11.8 Å². The molecule has 0 spiro atoms. The highest BCUT2D eigenvalue weighted by atomic mass is 79.9. The number of ether oxygens (including phenoxy) is 1. The molecule has 1 atom stereocenters. The molecule has 25 heavy (non-hydrogen) atoms. The minimum absolute atomic E-state index is 0.0961. The Bertz CT molecular complexity index is 734. The van der Waals surface area contributed by atoms with Crippen LogP contribution in [0.4, 0.5) is 0 Å². The van der Waals surface area contributed by atoms with Gasteiger partial charge in [-0.3, -0.25) is 9.59 Å². The van der Waals surface area contributed by atoms with Gasteiger partial charge in [0.05, 0.1) is 25.3 Å². The summed E-state index contributed by atoms with van der Waals surface area (Å²) in [5, 5.41) is 2.93. The molecule has 0 aliphatic rings. The van der Waals surface area contributed by atoms with Gasteiger partial charge in [0.25, 0.3) is 0 Å². The van der Waals surface area contributed by atoms with Crippen LogP contribution in [-0.2, 0) is 14.3 Å². The van der Waals surface area contributed by atoms with Gasteiger partial charge < -0.3 is 10.1 Å². The van der Waals surface area contributed by atoms with Crippen molar-refractivity contribution in [2.24, 2.45) is 0 Å². The lowest BCUT2D eigenvalue weighted by molar-refractivity contribution is -0.141. The number of rotatable bonds is 7. The van der Waals surface area contributed by atoms with Gasteiger partial charge in [-0.1, -0.05) is 46.3 Å². The summed E-state index contributed by atoms with van der Waals surface area (Å²) in [4.78, 5) is 25.1. The summed E-state index contributed by atoms with van der Waals surface area (Å²) < 4.78 is 5.69. The van der Waals surface area contributed by atoms with Gasteiger partial charge in [-0.05, 0) is 36.2 Å². The third kappa shape index (κ3) is 6.21. The molecule has 0 bridgehead atoms. The molecule has 0 fully saturated rings. The Morgan fingerprint density at radius 2 is 1.84 bits per heavy atom. The van der Waals surface area contributed by atoms with Crippen LogP contribution in [0.15, 0.2) is 57.9 Å². The molecule has 1 unspecified atom stereocenters. The van der Waals surface area contributed by atoms with Crippen molar-refractivity contribution in [3.05, 3.63) is 64.1 Å². The van der Waals surface area contributed by atoms with Crippen molar-refractivity contribution in [3.63, 3.8) is 0 Å². The van der Waals surface area contributed by atoms with Gasteiger partial charge in [0, 0.05) is 9.37 Å². The van der Waals surface area contributed by atoms with E-state index in [0.717, 1.165) is 20.5 Å². The Hall–Kier alpha value is -1.79. The average Bonchev–Trinajstić information content (AvgIpc) is 2.61. The van der Waals surface area contributed by atoms with Crippen molar-refractivity contribution in [3.8, 4) is 0 Å². The normalized spacial score (nSPS) is 11.6. The molecule has 4 nitrogen and oxygen atoms in total. The summed E-state index contributed by atoms with van der Waals surface area (Å²) in [5.74, 6) is -0.191. The quantitative estimate of drug-likeness (QED) is 0.535. The van der Waals surface area contributed by atoms with E-state index in [4.69, 9.17) is 4.74 Å². The summed E-state index contributed by atoms with van der Waals surface area (Å²) in [6.45, 7) is 2.02. The van der Waals surface area contributed by atoms with Crippen LogP contribution in [0.3, 0.4) is 0 Å². The number of benzene rings is 2. The highest BCUT2D eigenvalue weighted by molar-refractivity contribution is 9.10. The first-order valence-corrected chi connectivity index (χ1v) is 9.57.